The monoisotopic (exact) mass is 452 g/mol. The third kappa shape index (κ3) is 2.78. The highest BCUT2D eigenvalue weighted by Crippen LogP contribution is 2.70. The number of carbonyl (C=O) groups is 2. The molecule has 31 heavy (non-hydrogen) atoms. The lowest BCUT2D eigenvalue weighted by Gasteiger charge is -2.59. The normalized spacial score (nSPS) is 49.3. The highest BCUT2D eigenvalue weighted by atomic mass is 35.5. The van der Waals surface area contributed by atoms with Crippen molar-refractivity contribution in [3.8, 4) is 0 Å². The van der Waals surface area contributed by atoms with E-state index in [2.05, 4.69) is 6.92 Å². The number of halogens is 1. The average molecular weight is 453 g/mol. The molecule has 0 unspecified atom stereocenters. The number of aliphatic hydroxyl groups excluding tert-OH is 2. The van der Waals surface area contributed by atoms with Crippen molar-refractivity contribution < 1.29 is 29.3 Å². The zero-order valence-corrected chi connectivity index (χ0v) is 19.4. The Morgan fingerprint density at radius 1 is 1.26 bits per heavy atom. The van der Waals surface area contributed by atoms with Crippen LogP contribution in [0.25, 0.3) is 0 Å². The Morgan fingerprint density at radius 2 is 1.97 bits per heavy atom. The average Bonchev–Trinajstić information content (AvgIpc) is 3.07. The Morgan fingerprint density at radius 3 is 2.65 bits per heavy atom. The topological polar surface area (TPSA) is 93.1 Å². The first-order valence-corrected chi connectivity index (χ1v) is 11.1. The van der Waals surface area contributed by atoms with Gasteiger partial charge in [-0.15, -0.1) is 12.4 Å². The summed E-state index contributed by atoms with van der Waals surface area (Å²) >= 11 is 0. The molecule has 6 nitrogen and oxygen atoms in total. The number of aliphatic hydroxyl groups is 2. The second-order valence-corrected chi connectivity index (χ2v) is 10.9. The van der Waals surface area contributed by atoms with E-state index in [1.165, 1.54) is 0 Å². The predicted octanol–water partition coefficient (Wildman–Crippen LogP) is 2.75. The number of Topliss-reactive ketones (excluding diaryl/α,β-unsaturated/α-hetero) is 1. The van der Waals surface area contributed by atoms with E-state index < -0.39 is 35.6 Å². The largest absolute Gasteiger partial charge is 0.393 e. The second kappa shape index (κ2) is 6.97. The number of carbonyl (C=O) groups excluding carboxylic acids is 2. The molecular formula is C24H33ClO6. The fourth-order valence-corrected chi connectivity index (χ4v) is 8.04. The predicted molar refractivity (Wildman–Crippen MR) is 115 cm³/mol. The van der Waals surface area contributed by atoms with E-state index in [4.69, 9.17) is 9.47 Å². The van der Waals surface area contributed by atoms with Crippen molar-refractivity contribution in [2.24, 2.45) is 28.6 Å². The number of hydrogen-bond acceptors (Lipinski definition) is 6. The van der Waals surface area contributed by atoms with Gasteiger partial charge < -0.3 is 19.7 Å². The van der Waals surface area contributed by atoms with Crippen molar-refractivity contribution in [3.63, 3.8) is 0 Å². The molecule has 0 radical (unpaired) electrons. The summed E-state index contributed by atoms with van der Waals surface area (Å²) in [6, 6.07) is 0. The van der Waals surface area contributed by atoms with Crippen LogP contribution in [-0.4, -0.2) is 52.0 Å². The van der Waals surface area contributed by atoms with Crippen molar-refractivity contribution in [1.82, 2.24) is 0 Å². The standard InChI is InChI=1S/C24H32O6.ClH/c1-21(2)29-19-10-16-15-6-5-13-9-14(26)7-8-22(13,3)20(15)17(27)11-23(16,4)24(19,30-21)18(28)12-25;/h7-9,15-17,19-20,25,27H,5-6,10-12H2,1-4H3;1H/t15-,16-,17-,19+,20+,22-,23-,24+;/m0./s1. The summed E-state index contributed by atoms with van der Waals surface area (Å²) in [5.41, 5.74) is -1.12. The van der Waals surface area contributed by atoms with Crippen LogP contribution in [0.2, 0.25) is 0 Å². The smallest absolute Gasteiger partial charge is 0.193 e. The summed E-state index contributed by atoms with van der Waals surface area (Å²) in [7, 11) is 0. The molecule has 4 aliphatic carbocycles. The lowest BCUT2D eigenvalue weighted by molar-refractivity contribution is -0.225. The fraction of sp³-hybridized carbons (Fsp3) is 0.750. The van der Waals surface area contributed by atoms with Crippen LogP contribution in [-0.2, 0) is 19.1 Å². The third-order valence-electron chi connectivity index (χ3n) is 9.05. The lowest BCUT2D eigenvalue weighted by Crippen LogP contribution is -2.63. The van der Waals surface area contributed by atoms with Crippen LogP contribution in [0.4, 0.5) is 0 Å². The van der Waals surface area contributed by atoms with E-state index in [9.17, 15) is 19.8 Å². The zero-order valence-electron chi connectivity index (χ0n) is 18.6. The minimum atomic E-state index is -1.24. The van der Waals surface area contributed by atoms with Gasteiger partial charge in [0.15, 0.2) is 23.0 Å². The molecule has 5 aliphatic rings. The number of ether oxygens (including phenoxy) is 2. The van der Waals surface area contributed by atoms with Crippen LogP contribution in [0.15, 0.2) is 23.8 Å². The summed E-state index contributed by atoms with van der Waals surface area (Å²) < 4.78 is 12.6. The first-order valence-electron chi connectivity index (χ1n) is 11.1. The van der Waals surface area contributed by atoms with E-state index in [0.29, 0.717) is 12.8 Å². The van der Waals surface area contributed by atoms with Crippen molar-refractivity contribution in [2.75, 3.05) is 6.61 Å². The van der Waals surface area contributed by atoms with Crippen LogP contribution >= 0.6 is 12.4 Å². The molecule has 1 heterocycles. The van der Waals surface area contributed by atoms with E-state index in [1.54, 1.807) is 26.0 Å². The van der Waals surface area contributed by atoms with Gasteiger partial charge in [-0.3, -0.25) is 9.59 Å². The van der Waals surface area contributed by atoms with E-state index in [1.807, 2.05) is 13.0 Å². The molecule has 4 fully saturated rings. The van der Waals surface area contributed by atoms with Crippen LogP contribution in [0.3, 0.4) is 0 Å². The molecule has 1 saturated heterocycles. The Labute approximate surface area is 189 Å². The molecule has 0 amide bonds. The first kappa shape index (κ1) is 23.1. The van der Waals surface area contributed by atoms with Crippen molar-refractivity contribution >= 4 is 24.0 Å². The summed E-state index contributed by atoms with van der Waals surface area (Å²) in [4.78, 5) is 25.1. The molecule has 5 rings (SSSR count). The van der Waals surface area contributed by atoms with Gasteiger partial charge in [-0.25, -0.2) is 0 Å². The quantitative estimate of drug-likeness (QED) is 0.669. The van der Waals surface area contributed by atoms with Gasteiger partial charge >= 0.3 is 0 Å². The molecular weight excluding hydrogens is 420 g/mol. The van der Waals surface area contributed by atoms with Crippen molar-refractivity contribution in [3.05, 3.63) is 23.8 Å². The van der Waals surface area contributed by atoms with Crippen LogP contribution in [0, 0.1) is 28.6 Å². The first-order chi connectivity index (χ1) is 14.0. The van der Waals surface area contributed by atoms with Gasteiger partial charge in [0, 0.05) is 16.7 Å². The molecule has 0 aromatic rings. The van der Waals surface area contributed by atoms with Gasteiger partial charge in [0.1, 0.15) is 6.61 Å². The highest BCUT2D eigenvalue weighted by Gasteiger charge is 2.76. The van der Waals surface area contributed by atoms with E-state index >= 15 is 0 Å². The van der Waals surface area contributed by atoms with E-state index in [0.717, 1.165) is 18.4 Å². The van der Waals surface area contributed by atoms with Crippen LogP contribution in [0.1, 0.15) is 53.4 Å². The van der Waals surface area contributed by atoms with Crippen molar-refractivity contribution in [1.29, 1.82) is 0 Å². The molecule has 0 aromatic carbocycles. The van der Waals surface area contributed by atoms with Crippen LogP contribution < -0.4 is 0 Å². The maximum absolute atomic E-state index is 13.2. The number of ketones is 2. The minimum absolute atomic E-state index is 0. The Balaban J connectivity index is 0.00000231. The molecule has 0 aromatic heterocycles. The minimum Gasteiger partial charge on any atom is -0.393 e. The summed E-state index contributed by atoms with van der Waals surface area (Å²) in [5.74, 6) is -0.947. The number of allylic oxidation sites excluding steroid dienone is 4. The fourth-order valence-electron chi connectivity index (χ4n) is 8.04. The molecule has 0 bridgehead atoms. The number of hydrogen-bond donors (Lipinski definition) is 2. The van der Waals surface area contributed by atoms with Crippen LogP contribution in [0.5, 0.6) is 0 Å². The van der Waals surface area contributed by atoms with Crippen molar-refractivity contribution in [2.45, 2.75) is 77.0 Å². The molecule has 8 atom stereocenters. The lowest BCUT2D eigenvalue weighted by atomic mass is 9.46. The molecule has 1 aliphatic heterocycles. The van der Waals surface area contributed by atoms with Gasteiger partial charge in [0.25, 0.3) is 0 Å². The van der Waals surface area contributed by atoms with Gasteiger partial charge in [0.05, 0.1) is 12.2 Å². The highest BCUT2D eigenvalue weighted by molar-refractivity contribution is 6.01. The SMILES string of the molecule is CC1(C)O[C@@H]2C[C@H]3[C@@H]4CCC5=CC(=O)C=C[C@]5(C)[C@H]4[C@@H](O)C[C@]3(C)[C@]2(C(=O)CO)O1.Cl. The van der Waals surface area contributed by atoms with Gasteiger partial charge in [-0.1, -0.05) is 25.5 Å². The Kier molecular flexibility index (Phi) is 5.20. The summed E-state index contributed by atoms with van der Waals surface area (Å²) in [6.45, 7) is 7.19. The molecule has 2 N–H and O–H groups in total. The Hall–Kier alpha value is -1.05. The molecule has 3 saturated carbocycles. The third-order valence-corrected chi connectivity index (χ3v) is 9.05. The number of fused-ring (bicyclic) bond motifs is 7. The van der Waals surface area contributed by atoms with Gasteiger partial charge in [-0.05, 0) is 63.5 Å². The maximum Gasteiger partial charge on any atom is 0.193 e. The molecule has 7 heteroatoms. The van der Waals surface area contributed by atoms with Gasteiger partial charge in [-0.2, -0.15) is 0 Å². The Bertz CT molecular complexity index is 879. The zero-order chi connectivity index (χ0) is 21.7. The second-order valence-electron chi connectivity index (χ2n) is 10.9. The summed E-state index contributed by atoms with van der Waals surface area (Å²) in [6.07, 6.45) is 7.04. The number of rotatable bonds is 2. The summed E-state index contributed by atoms with van der Waals surface area (Å²) in [5, 5.41) is 21.3. The maximum atomic E-state index is 13.2. The molecule has 172 valence electrons. The van der Waals surface area contributed by atoms with Gasteiger partial charge in [0.2, 0.25) is 0 Å². The van der Waals surface area contributed by atoms with E-state index in [-0.39, 0.29) is 47.1 Å². The molecule has 0 spiro atoms.